The van der Waals surface area contributed by atoms with Gasteiger partial charge in [0.05, 0.1) is 10.6 Å². The SMILES string of the molecule is Cc1ccc(-c2csc(N3CC(N)CC3=O)n2)s1. The summed E-state index contributed by atoms with van der Waals surface area (Å²) in [6.45, 7) is 2.65. The quantitative estimate of drug-likeness (QED) is 0.917. The molecule has 1 fully saturated rings. The van der Waals surface area contributed by atoms with E-state index in [2.05, 4.69) is 24.0 Å². The zero-order valence-corrected chi connectivity index (χ0v) is 11.6. The summed E-state index contributed by atoms with van der Waals surface area (Å²) in [6, 6.07) is 4.08. The maximum atomic E-state index is 11.8. The number of thiazole rings is 1. The summed E-state index contributed by atoms with van der Waals surface area (Å²) in [5, 5.41) is 2.76. The standard InChI is InChI=1S/C12H13N3OS2/c1-7-2-3-10(18-7)9-6-17-12(14-9)15-5-8(13)4-11(15)16/h2-3,6,8H,4-5,13H2,1H3. The van der Waals surface area contributed by atoms with Crippen LogP contribution in [0.25, 0.3) is 10.6 Å². The van der Waals surface area contributed by atoms with Crippen LogP contribution in [0.3, 0.4) is 0 Å². The van der Waals surface area contributed by atoms with Gasteiger partial charge in [0.25, 0.3) is 0 Å². The maximum Gasteiger partial charge on any atom is 0.230 e. The van der Waals surface area contributed by atoms with Crippen molar-refractivity contribution in [3.8, 4) is 10.6 Å². The number of anilines is 1. The van der Waals surface area contributed by atoms with Crippen molar-refractivity contribution in [3.05, 3.63) is 22.4 Å². The van der Waals surface area contributed by atoms with Gasteiger partial charge in [0, 0.05) is 29.3 Å². The maximum absolute atomic E-state index is 11.8. The number of carbonyl (C=O) groups is 1. The molecule has 0 saturated carbocycles. The van der Waals surface area contributed by atoms with Crippen molar-refractivity contribution in [2.24, 2.45) is 5.73 Å². The fraction of sp³-hybridized carbons (Fsp3) is 0.333. The topological polar surface area (TPSA) is 59.2 Å². The summed E-state index contributed by atoms with van der Waals surface area (Å²) in [4.78, 5) is 20.4. The first-order chi connectivity index (χ1) is 8.63. The van der Waals surface area contributed by atoms with E-state index >= 15 is 0 Å². The predicted molar refractivity (Wildman–Crippen MR) is 75.1 cm³/mol. The second-order valence-electron chi connectivity index (χ2n) is 4.39. The zero-order chi connectivity index (χ0) is 12.7. The number of rotatable bonds is 2. The minimum Gasteiger partial charge on any atom is -0.326 e. The molecule has 2 N–H and O–H groups in total. The molecule has 4 nitrogen and oxygen atoms in total. The highest BCUT2D eigenvalue weighted by molar-refractivity contribution is 7.17. The smallest absolute Gasteiger partial charge is 0.230 e. The van der Waals surface area contributed by atoms with Gasteiger partial charge >= 0.3 is 0 Å². The van der Waals surface area contributed by atoms with Crippen molar-refractivity contribution in [2.45, 2.75) is 19.4 Å². The molecule has 0 radical (unpaired) electrons. The number of nitrogens with zero attached hydrogens (tertiary/aromatic N) is 2. The molecule has 1 unspecified atom stereocenters. The van der Waals surface area contributed by atoms with Crippen molar-refractivity contribution in [3.63, 3.8) is 0 Å². The second-order valence-corrected chi connectivity index (χ2v) is 6.52. The summed E-state index contributed by atoms with van der Waals surface area (Å²) < 4.78 is 0. The van der Waals surface area contributed by atoms with Crippen molar-refractivity contribution in [2.75, 3.05) is 11.4 Å². The van der Waals surface area contributed by atoms with Gasteiger partial charge in [-0.3, -0.25) is 9.69 Å². The molecule has 0 spiro atoms. The van der Waals surface area contributed by atoms with Gasteiger partial charge in [0.1, 0.15) is 0 Å². The third-order valence-corrected chi connectivity index (χ3v) is 4.76. The number of hydrogen-bond acceptors (Lipinski definition) is 5. The van der Waals surface area contributed by atoms with Gasteiger partial charge in [0.2, 0.25) is 5.91 Å². The van der Waals surface area contributed by atoms with Crippen LogP contribution in [0.15, 0.2) is 17.5 Å². The van der Waals surface area contributed by atoms with Crippen LogP contribution in [0.2, 0.25) is 0 Å². The molecule has 3 rings (SSSR count). The molecule has 0 aromatic carbocycles. The zero-order valence-electron chi connectivity index (χ0n) is 9.92. The minimum atomic E-state index is -0.0613. The van der Waals surface area contributed by atoms with Crippen molar-refractivity contribution >= 4 is 33.7 Å². The van der Waals surface area contributed by atoms with E-state index in [1.807, 2.05) is 5.38 Å². The molecule has 1 amide bonds. The van der Waals surface area contributed by atoms with E-state index in [1.165, 1.54) is 16.2 Å². The first-order valence-corrected chi connectivity index (χ1v) is 7.41. The Morgan fingerprint density at radius 2 is 2.33 bits per heavy atom. The first kappa shape index (κ1) is 11.8. The monoisotopic (exact) mass is 279 g/mol. The van der Waals surface area contributed by atoms with E-state index in [-0.39, 0.29) is 11.9 Å². The molecule has 1 saturated heterocycles. The third kappa shape index (κ3) is 2.07. The lowest BCUT2D eigenvalue weighted by Gasteiger charge is -2.10. The molecule has 94 valence electrons. The Hall–Kier alpha value is -1.24. The Bertz CT molecular complexity index is 590. The first-order valence-electron chi connectivity index (χ1n) is 5.72. The number of aromatic nitrogens is 1. The van der Waals surface area contributed by atoms with E-state index < -0.39 is 0 Å². The Labute approximate surface area is 113 Å². The van der Waals surface area contributed by atoms with Gasteiger partial charge in [-0.15, -0.1) is 22.7 Å². The van der Waals surface area contributed by atoms with E-state index in [9.17, 15) is 4.79 Å². The van der Waals surface area contributed by atoms with E-state index in [0.717, 1.165) is 15.7 Å². The number of carbonyl (C=O) groups excluding carboxylic acids is 1. The van der Waals surface area contributed by atoms with Gasteiger partial charge < -0.3 is 5.73 Å². The molecule has 3 heterocycles. The Balaban J connectivity index is 1.88. The molecule has 0 aliphatic carbocycles. The predicted octanol–water partition coefficient (Wildman–Crippen LogP) is 2.24. The molecular formula is C12H13N3OS2. The van der Waals surface area contributed by atoms with Gasteiger partial charge in [-0.2, -0.15) is 0 Å². The van der Waals surface area contributed by atoms with Crippen LogP contribution in [-0.2, 0) is 4.79 Å². The molecule has 0 bridgehead atoms. The highest BCUT2D eigenvalue weighted by Crippen LogP contribution is 2.33. The lowest BCUT2D eigenvalue weighted by atomic mass is 10.3. The molecule has 1 aliphatic heterocycles. The van der Waals surface area contributed by atoms with Crippen molar-refractivity contribution in [1.29, 1.82) is 0 Å². The lowest BCUT2D eigenvalue weighted by molar-refractivity contribution is -0.117. The number of hydrogen-bond donors (Lipinski definition) is 1. The Morgan fingerprint density at radius 1 is 1.50 bits per heavy atom. The van der Waals surface area contributed by atoms with Crippen LogP contribution in [0, 0.1) is 6.92 Å². The van der Waals surface area contributed by atoms with Crippen LogP contribution >= 0.6 is 22.7 Å². The van der Waals surface area contributed by atoms with Crippen LogP contribution in [-0.4, -0.2) is 23.5 Å². The number of thiophene rings is 1. The van der Waals surface area contributed by atoms with Gasteiger partial charge in [0.15, 0.2) is 5.13 Å². The summed E-state index contributed by atoms with van der Waals surface area (Å²) >= 11 is 3.22. The van der Waals surface area contributed by atoms with Crippen molar-refractivity contribution in [1.82, 2.24) is 4.98 Å². The molecule has 1 atom stereocenters. The highest BCUT2D eigenvalue weighted by Gasteiger charge is 2.30. The normalized spacial score (nSPS) is 19.8. The summed E-state index contributed by atoms with van der Waals surface area (Å²) in [5.41, 5.74) is 6.74. The van der Waals surface area contributed by atoms with Crippen molar-refractivity contribution < 1.29 is 4.79 Å². The van der Waals surface area contributed by atoms with Crippen LogP contribution < -0.4 is 10.6 Å². The largest absolute Gasteiger partial charge is 0.326 e. The molecule has 18 heavy (non-hydrogen) atoms. The van der Waals surface area contributed by atoms with Crippen LogP contribution in [0.5, 0.6) is 0 Å². The van der Waals surface area contributed by atoms with Crippen LogP contribution in [0.1, 0.15) is 11.3 Å². The Morgan fingerprint density at radius 3 is 2.94 bits per heavy atom. The molecule has 1 aliphatic rings. The number of amides is 1. The van der Waals surface area contributed by atoms with Gasteiger partial charge in [-0.1, -0.05) is 0 Å². The molecular weight excluding hydrogens is 266 g/mol. The van der Waals surface area contributed by atoms with Gasteiger partial charge in [-0.25, -0.2) is 4.98 Å². The average Bonchev–Trinajstić information content (AvgIpc) is 2.98. The summed E-state index contributed by atoms with van der Waals surface area (Å²) in [7, 11) is 0. The summed E-state index contributed by atoms with van der Waals surface area (Å²) in [5.74, 6) is 0.0748. The second kappa shape index (κ2) is 4.46. The average molecular weight is 279 g/mol. The lowest BCUT2D eigenvalue weighted by Crippen LogP contribution is -2.27. The van der Waals surface area contributed by atoms with Gasteiger partial charge in [-0.05, 0) is 19.1 Å². The Kier molecular flexibility index (Phi) is 2.93. The minimum absolute atomic E-state index is 0.0613. The third-order valence-electron chi connectivity index (χ3n) is 2.87. The van der Waals surface area contributed by atoms with E-state index in [4.69, 9.17) is 5.73 Å². The number of aryl methyl sites for hydroxylation is 1. The molecule has 2 aromatic heterocycles. The molecule has 6 heteroatoms. The number of nitrogens with two attached hydrogens (primary N) is 1. The fourth-order valence-corrected chi connectivity index (χ4v) is 3.75. The van der Waals surface area contributed by atoms with Crippen LogP contribution in [0.4, 0.5) is 5.13 Å². The molecule has 2 aromatic rings. The van der Waals surface area contributed by atoms with E-state index in [0.29, 0.717) is 13.0 Å². The summed E-state index contributed by atoms with van der Waals surface area (Å²) in [6.07, 6.45) is 0.424. The fourth-order valence-electron chi connectivity index (χ4n) is 1.99. The highest BCUT2D eigenvalue weighted by atomic mass is 32.1. The van der Waals surface area contributed by atoms with E-state index in [1.54, 1.807) is 16.2 Å².